The van der Waals surface area contributed by atoms with E-state index in [4.69, 9.17) is 5.73 Å². The van der Waals surface area contributed by atoms with E-state index < -0.39 is 0 Å². The number of aromatic nitrogens is 1. The van der Waals surface area contributed by atoms with Crippen molar-refractivity contribution >= 4 is 42.1 Å². The van der Waals surface area contributed by atoms with Gasteiger partial charge in [0.2, 0.25) is 5.91 Å². The summed E-state index contributed by atoms with van der Waals surface area (Å²) < 4.78 is 0. The lowest BCUT2D eigenvalue weighted by Crippen LogP contribution is -2.47. The SMILES string of the molecule is Cl.Cl.NC[C@H]1CCC[C@H]1C(=O)NC1(c2nccs2)CCCC1. The average Bonchev–Trinajstić information content (AvgIpc) is 3.19. The zero-order valence-corrected chi connectivity index (χ0v) is 15.1. The fraction of sp³-hybridized carbons (Fsp3) is 0.733. The molecule has 3 rings (SSSR count). The second-order valence-electron chi connectivity index (χ2n) is 6.15. The van der Waals surface area contributed by atoms with Crippen molar-refractivity contribution in [2.24, 2.45) is 17.6 Å². The summed E-state index contributed by atoms with van der Waals surface area (Å²) in [6.45, 7) is 0.627. The number of amides is 1. The van der Waals surface area contributed by atoms with Crippen LogP contribution in [0.25, 0.3) is 0 Å². The minimum atomic E-state index is -0.201. The number of nitrogens with one attached hydrogen (secondary N) is 1. The molecule has 2 aliphatic carbocycles. The number of hydrogen-bond acceptors (Lipinski definition) is 4. The first-order chi connectivity index (χ1) is 9.75. The van der Waals surface area contributed by atoms with E-state index in [9.17, 15) is 4.79 Å². The van der Waals surface area contributed by atoms with Crippen LogP contribution in [0.1, 0.15) is 50.0 Å². The molecule has 0 unspecified atom stereocenters. The maximum Gasteiger partial charge on any atom is 0.224 e. The molecule has 2 aliphatic rings. The van der Waals surface area contributed by atoms with E-state index >= 15 is 0 Å². The zero-order valence-electron chi connectivity index (χ0n) is 12.6. The number of carbonyl (C=O) groups is 1. The highest BCUT2D eigenvalue weighted by atomic mass is 35.5. The van der Waals surface area contributed by atoms with Crippen molar-refractivity contribution in [3.05, 3.63) is 16.6 Å². The van der Waals surface area contributed by atoms with Gasteiger partial charge < -0.3 is 11.1 Å². The van der Waals surface area contributed by atoms with Crippen LogP contribution in [0, 0.1) is 11.8 Å². The lowest BCUT2D eigenvalue weighted by molar-refractivity contribution is -0.128. The summed E-state index contributed by atoms with van der Waals surface area (Å²) in [7, 11) is 0. The second kappa shape index (κ2) is 8.48. The molecule has 0 radical (unpaired) electrons. The Morgan fingerprint density at radius 1 is 1.32 bits per heavy atom. The van der Waals surface area contributed by atoms with Crippen LogP contribution in [0.2, 0.25) is 0 Å². The van der Waals surface area contributed by atoms with Crippen LogP contribution < -0.4 is 11.1 Å². The van der Waals surface area contributed by atoms with E-state index in [2.05, 4.69) is 10.3 Å². The minimum Gasteiger partial charge on any atom is -0.344 e. The molecule has 1 aromatic rings. The molecule has 2 fully saturated rings. The summed E-state index contributed by atoms with van der Waals surface area (Å²) in [5.74, 6) is 0.678. The van der Waals surface area contributed by atoms with Gasteiger partial charge in [-0.1, -0.05) is 19.3 Å². The smallest absolute Gasteiger partial charge is 0.224 e. The van der Waals surface area contributed by atoms with Gasteiger partial charge in [-0.15, -0.1) is 36.2 Å². The summed E-state index contributed by atoms with van der Waals surface area (Å²) in [6, 6.07) is 0. The molecule has 22 heavy (non-hydrogen) atoms. The molecule has 1 heterocycles. The molecule has 1 aromatic heterocycles. The van der Waals surface area contributed by atoms with E-state index in [1.807, 2.05) is 11.6 Å². The third-order valence-electron chi connectivity index (χ3n) is 4.96. The van der Waals surface area contributed by atoms with Gasteiger partial charge in [0.05, 0.1) is 5.54 Å². The molecule has 2 atom stereocenters. The standard InChI is InChI=1S/C15H23N3OS.2ClH/c16-10-11-4-3-5-12(11)13(19)18-15(6-1-2-7-15)14-17-8-9-20-14;;/h8-9,11-12H,1-7,10,16H2,(H,18,19);2*1H/t11-,12-;;/m1../s1. The molecule has 4 nitrogen and oxygen atoms in total. The Kier molecular flexibility index (Phi) is 7.59. The molecule has 1 amide bonds. The number of nitrogens with zero attached hydrogens (tertiary/aromatic N) is 1. The van der Waals surface area contributed by atoms with Crippen LogP contribution in [0.3, 0.4) is 0 Å². The Balaban J connectivity index is 0.00000121. The maximum atomic E-state index is 12.7. The maximum absolute atomic E-state index is 12.7. The quantitative estimate of drug-likeness (QED) is 0.860. The van der Waals surface area contributed by atoms with Gasteiger partial charge in [0.15, 0.2) is 0 Å². The van der Waals surface area contributed by atoms with Gasteiger partial charge in [0.1, 0.15) is 5.01 Å². The van der Waals surface area contributed by atoms with Crippen molar-refractivity contribution in [1.82, 2.24) is 10.3 Å². The number of rotatable bonds is 4. The highest BCUT2D eigenvalue weighted by molar-refractivity contribution is 7.09. The van der Waals surface area contributed by atoms with Crippen molar-refractivity contribution in [3.63, 3.8) is 0 Å². The van der Waals surface area contributed by atoms with Crippen LogP contribution in [0.5, 0.6) is 0 Å². The van der Waals surface area contributed by atoms with Crippen LogP contribution in [0.4, 0.5) is 0 Å². The fourth-order valence-electron chi connectivity index (χ4n) is 3.82. The van der Waals surface area contributed by atoms with Gasteiger partial charge in [-0.2, -0.15) is 0 Å². The molecule has 2 saturated carbocycles. The van der Waals surface area contributed by atoms with Gasteiger partial charge >= 0.3 is 0 Å². The minimum absolute atomic E-state index is 0. The number of nitrogens with two attached hydrogens (primary N) is 1. The Morgan fingerprint density at radius 3 is 2.64 bits per heavy atom. The Bertz CT molecular complexity index is 463. The normalized spacial score (nSPS) is 26.0. The molecule has 7 heteroatoms. The lowest BCUT2D eigenvalue weighted by atomic mass is 9.92. The summed E-state index contributed by atoms with van der Waals surface area (Å²) in [5.41, 5.74) is 5.61. The van der Waals surface area contributed by atoms with Crippen molar-refractivity contribution in [2.45, 2.75) is 50.5 Å². The van der Waals surface area contributed by atoms with Gasteiger partial charge in [-0.25, -0.2) is 4.98 Å². The molecule has 3 N–H and O–H groups in total. The van der Waals surface area contributed by atoms with Crippen LogP contribution in [0.15, 0.2) is 11.6 Å². The molecule has 0 saturated heterocycles. The Labute approximate surface area is 148 Å². The highest BCUT2D eigenvalue weighted by Crippen LogP contribution is 2.41. The first-order valence-electron chi connectivity index (χ1n) is 7.67. The third kappa shape index (κ3) is 3.75. The van der Waals surface area contributed by atoms with Gasteiger partial charge in [-0.3, -0.25) is 4.79 Å². The Morgan fingerprint density at radius 2 is 2.05 bits per heavy atom. The second-order valence-corrected chi connectivity index (χ2v) is 7.04. The molecule has 0 aromatic carbocycles. The zero-order chi connectivity index (χ0) is 14.0. The molecule has 0 bridgehead atoms. The van der Waals surface area contributed by atoms with Gasteiger partial charge in [0.25, 0.3) is 0 Å². The van der Waals surface area contributed by atoms with E-state index in [-0.39, 0.29) is 42.2 Å². The number of hydrogen-bond donors (Lipinski definition) is 2. The van der Waals surface area contributed by atoms with E-state index in [0.717, 1.165) is 37.1 Å². The number of halogens is 2. The summed E-state index contributed by atoms with van der Waals surface area (Å²) >= 11 is 1.66. The largest absolute Gasteiger partial charge is 0.344 e. The number of thiazole rings is 1. The lowest BCUT2D eigenvalue weighted by Gasteiger charge is -2.30. The predicted octanol–water partition coefficient (Wildman–Crippen LogP) is 3.25. The van der Waals surface area contributed by atoms with Gasteiger partial charge in [-0.05, 0) is 38.1 Å². The summed E-state index contributed by atoms with van der Waals surface area (Å²) in [5, 5.41) is 6.43. The fourth-order valence-corrected chi connectivity index (χ4v) is 4.68. The molecular weight excluding hydrogens is 341 g/mol. The highest BCUT2D eigenvalue weighted by Gasteiger charge is 2.42. The van der Waals surface area contributed by atoms with Crippen molar-refractivity contribution < 1.29 is 4.79 Å². The first-order valence-corrected chi connectivity index (χ1v) is 8.55. The summed E-state index contributed by atoms with van der Waals surface area (Å²) in [6.07, 6.45) is 9.43. The molecule has 126 valence electrons. The van der Waals surface area contributed by atoms with E-state index in [1.165, 1.54) is 12.8 Å². The van der Waals surface area contributed by atoms with Crippen molar-refractivity contribution in [1.29, 1.82) is 0 Å². The van der Waals surface area contributed by atoms with Gasteiger partial charge in [0, 0.05) is 17.5 Å². The average molecular weight is 366 g/mol. The van der Waals surface area contributed by atoms with Crippen LogP contribution in [-0.2, 0) is 10.3 Å². The Hall–Kier alpha value is -0.360. The molecular formula is C15H25Cl2N3OS. The number of carbonyl (C=O) groups excluding carboxylic acids is 1. The van der Waals surface area contributed by atoms with Crippen LogP contribution >= 0.6 is 36.2 Å². The first kappa shape index (κ1) is 19.7. The van der Waals surface area contributed by atoms with E-state index in [1.54, 1.807) is 11.3 Å². The summed E-state index contributed by atoms with van der Waals surface area (Å²) in [4.78, 5) is 17.1. The monoisotopic (exact) mass is 365 g/mol. The molecule has 0 spiro atoms. The third-order valence-corrected chi connectivity index (χ3v) is 5.94. The predicted molar refractivity (Wildman–Crippen MR) is 94.8 cm³/mol. The van der Waals surface area contributed by atoms with E-state index in [0.29, 0.717) is 12.5 Å². The van der Waals surface area contributed by atoms with Crippen molar-refractivity contribution in [3.8, 4) is 0 Å². The molecule has 0 aliphatic heterocycles. The van der Waals surface area contributed by atoms with Crippen LogP contribution in [-0.4, -0.2) is 17.4 Å². The van der Waals surface area contributed by atoms with Crippen molar-refractivity contribution in [2.75, 3.05) is 6.54 Å². The topological polar surface area (TPSA) is 68.0 Å².